The number of nitrogens with one attached hydrogen (secondary N) is 2. The van der Waals surface area contributed by atoms with Crippen LogP contribution in [-0.4, -0.2) is 85.4 Å². The Morgan fingerprint density at radius 1 is 1.02 bits per heavy atom. The number of nitrogens with zero attached hydrogens (tertiary/aromatic N) is 4. The van der Waals surface area contributed by atoms with Crippen LogP contribution in [0.4, 0.5) is 14.9 Å². The quantitative estimate of drug-likeness (QED) is 0.168. The predicted octanol–water partition coefficient (Wildman–Crippen LogP) is 7.35. The molecule has 1 saturated carbocycles. The molecule has 1 aliphatic heterocycles. The normalized spacial score (nSPS) is 15.8. The molecule has 2 N–H and O–H groups in total. The number of hydrogen-bond donors (Lipinski definition) is 2. The highest BCUT2D eigenvalue weighted by molar-refractivity contribution is 7.22. The molecule has 1 saturated heterocycles. The number of hydrogen-bond acceptors (Lipinski definition) is 8. The van der Waals surface area contributed by atoms with Crippen LogP contribution in [-0.2, 0) is 4.43 Å². The van der Waals surface area contributed by atoms with Gasteiger partial charge in [0.1, 0.15) is 5.75 Å². The van der Waals surface area contributed by atoms with Crippen LogP contribution in [0.2, 0.25) is 18.1 Å². The van der Waals surface area contributed by atoms with Crippen molar-refractivity contribution in [3.8, 4) is 22.1 Å². The molecular weight excluding hydrogens is 648 g/mol. The lowest BCUT2D eigenvalue weighted by molar-refractivity contribution is 0.0617. The standard InChI is InChI=1S/C35H43FN6O4SSi/c1-35(2,3)48(4,5)45-19-18-41-14-16-42(17-15-41)33(43)23-6-10-27(38-22-23)31-21-28-32(47-31)30(12-13-37-28)46-29-11-9-25(20-26(29)36)40-34(44)39-24-7-8-24/h6,9-13,20-22,24H,7-8,14-19H2,1-5H3,(H2,39,40,44). The van der Waals surface area contributed by atoms with Crippen molar-refractivity contribution in [2.24, 2.45) is 0 Å². The van der Waals surface area contributed by atoms with Gasteiger partial charge in [0.05, 0.1) is 26.4 Å². The van der Waals surface area contributed by atoms with Gasteiger partial charge in [-0.15, -0.1) is 11.3 Å². The number of thiophene rings is 1. The number of carbonyl (C=O) groups excluding carboxylic acids is 2. The number of aromatic nitrogens is 2. The van der Waals surface area contributed by atoms with Gasteiger partial charge in [0.25, 0.3) is 5.91 Å². The zero-order chi connectivity index (χ0) is 34.1. The van der Waals surface area contributed by atoms with E-state index >= 15 is 0 Å². The summed E-state index contributed by atoms with van der Waals surface area (Å²) in [5.41, 5.74) is 2.29. The Morgan fingerprint density at radius 2 is 1.79 bits per heavy atom. The minimum atomic E-state index is -1.77. The molecule has 254 valence electrons. The van der Waals surface area contributed by atoms with E-state index in [4.69, 9.17) is 9.16 Å². The number of rotatable bonds is 10. The molecule has 3 amide bonds. The van der Waals surface area contributed by atoms with Gasteiger partial charge in [0, 0.05) is 75.6 Å². The smallest absolute Gasteiger partial charge is 0.319 e. The maximum absolute atomic E-state index is 15.0. The molecule has 3 aromatic heterocycles. The number of amides is 3. The minimum absolute atomic E-state index is 0.0216. The van der Waals surface area contributed by atoms with Crippen LogP contribution >= 0.6 is 11.3 Å². The fourth-order valence-corrected chi connectivity index (χ4v) is 7.23. The first-order chi connectivity index (χ1) is 22.9. The number of halogens is 1. The van der Waals surface area contributed by atoms with Crippen LogP contribution in [0.3, 0.4) is 0 Å². The maximum atomic E-state index is 15.0. The Bertz CT molecular complexity index is 1780. The minimum Gasteiger partial charge on any atom is -0.453 e. The maximum Gasteiger partial charge on any atom is 0.319 e. The Labute approximate surface area is 285 Å². The second kappa shape index (κ2) is 13.9. The van der Waals surface area contributed by atoms with Crippen molar-refractivity contribution in [1.82, 2.24) is 25.1 Å². The summed E-state index contributed by atoms with van der Waals surface area (Å²) in [6.07, 6.45) is 5.17. The largest absolute Gasteiger partial charge is 0.453 e. The number of carbonyl (C=O) groups is 2. The monoisotopic (exact) mass is 690 g/mol. The first-order valence-electron chi connectivity index (χ1n) is 16.4. The third-order valence-corrected chi connectivity index (χ3v) is 15.0. The molecule has 1 aromatic carbocycles. The summed E-state index contributed by atoms with van der Waals surface area (Å²) in [6, 6.07) is 11.4. The molecule has 2 aliphatic rings. The topological polar surface area (TPSA) is 109 Å². The number of piperazine rings is 1. The van der Waals surface area contributed by atoms with Crippen molar-refractivity contribution < 1.29 is 23.1 Å². The van der Waals surface area contributed by atoms with Gasteiger partial charge in [-0.2, -0.15) is 0 Å². The van der Waals surface area contributed by atoms with E-state index in [1.807, 2.05) is 23.1 Å². The number of fused-ring (bicyclic) bond motifs is 1. The van der Waals surface area contributed by atoms with Gasteiger partial charge in [-0.1, -0.05) is 20.8 Å². The second-order valence-corrected chi connectivity index (χ2v) is 19.8. The lowest BCUT2D eigenvalue weighted by atomic mass is 10.2. The van der Waals surface area contributed by atoms with E-state index < -0.39 is 14.1 Å². The van der Waals surface area contributed by atoms with E-state index in [0.29, 0.717) is 41.3 Å². The summed E-state index contributed by atoms with van der Waals surface area (Å²) < 4.78 is 28.0. The van der Waals surface area contributed by atoms with Crippen LogP contribution < -0.4 is 15.4 Å². The van der Waals surface area contributed by atoms with E-state index in [0.717, 1.165) is 48.7 Å². The first-order valence-corrected chi connectivity index (χ1v) is 20.1. The molecule has 10 nitrogen and oxygen atoms in total. The second-order valence-electron chi connectivity index (χ2n) is 13.9. The molecule has 13 heteroatoms. The molecule has 0 unspecified atom stereocenters. The predicted molar refractivity (Wildman–Crippen MR) is 190 cm³/mol. The summed E-state index contributed by atoms with van der Waals surface area (Å²) in [5, 5.41) is 5.66. The van der Waals surface area contributed by atoms with Gasteiger partial charge in [0.15, 0.2) is 19.9 Å². The van der Waals surface area contributed by atoms with E-state index in [9.17, 15) is 14.0 Å². The molecule has 0 atom stereocenters. The summed E-state index contributed by atoms with van der Waals surface area (Å²) in [6.45, 7) is 15.9. The van der Waals surface area contributed by atoms with Crippen LogP contribution in [0.15, 0.2) is 54.9 Å². The van der Waals surface area contributed by atoms with Crippen LogP contribution in [0.5, 0.6) is 11.5 Å². The number of ether oxygens (including phenoxy) is 1. The highest BCUT2D eigenvalue weighted by Crippen LogP contribution is 2.39. The number of pyridine rings is 2. The summed E-state index contributed by atoms with van der Waals surface area (Å²) in [5.74, 6) is -0.126. The van der Waals surface area contributed by atoms with Gasteiger partial charge >= 0.3 is 6.03 Å². The van der Waals surface area contributed by atoms with E-state index in [1.54, 1.807) is 24.5 Å². The van der Waals surface area contributed by atoms with Crippen LogP contribution in [0, 0.1) is 5.82 Å². The molecular formula is C35H43FN6O4SSi. The van der Waals surface area contributed by atoms with Crippen molar-refractivity contribution in [3.63, 3.8) is 0 Å². The Morgan fingerprint density at radius 3 is 2.46 bits per heavy atom. The molecule has 0 spiro atoms. The number of anilines is 1. The SMILES string of the molecule is CC(C)(C)[Si](C)(C)OCCN1CCN(C(=O)c2ccc(-c3cc4nccc(Oc5ccc(NC(=O)NC6CC6)cc5F)c4s3)nc2)CC1. The molecule has 4 aromatic rings. The zero-order valence-electron chi connectivity index (χ0n) is 28.1. The van der Waals surface area contributed by atoms with Crippen molar-refractivity contribution in [1.29, 1.82) is 0 Å². The number of benzene rings is 1. The summed E-state index contributed by atoms with van der Waals surface area (Å²) >= 11 is 1.43. The van der Waals surface area contributed by atoms with E-state index in [-0.39, 0.29) is 28.8 Å². The Balaban J connectivity index is 1.05. The summed E-state index contributed by atoms with van der Waals surface area (Å²) in [7, 11) is -1.77. The Hall–Kier alpha value is -3.91. The zero-order valence-corrected chi connectivity index (χ0v) is 30.0. The van der Waals surface area contributed by atoms with Gasteiger partial charge < -0.3 is 24.7 Å². The Kier molecular flexibility index (Phi) is 9.84. The molecule has 2 fully saturated rings. The van der Waals surface area contributed by atoms with Crippen molar-refractivity contribution in [2.45, 2.75) is 57.8 Å². The van der Waals surface area contributed by atoms with Crippen molar-refractivity contribution in [3.05, 3.63) is 66.2 Å². The third-order valence-electron chi connectivity index (χ3n) is 9.30. The lowest BCUT2D eigenvalue weighted by Crippen LogP contribution is -2.50. The first kappa shape index (κ1) is 34.0. The highest BCUT2D eigenvalue weighted by atomic mass is 32.1. The molecule has 48 heavy (non-hydrogen) atoms. The van der Waals surface area contributed by atoms with Crippen LogP contribution in [0.25, 0.3) is 20.8 Å². The van der Waals surface area contributed by atoms with Gasteiger partial charge in [-0.05, 0) is 61.3 Å². The average molecular weight is 691 g/mol. The fraction of sp³-hybridized carbons (Fsp3) is 0.429. The fourth-order valence-electron chi connectivity index (χ4n) is 5.15. The molecule has 4 heterocycles. The van der Waals surface area contributed by atoms with Crippen molar-refractivity contribution >= 4 is 47.5 Å². The van der Waals surface area contributed by atoms with E-state index in [1.165, 1.54) is 23.5 Å². The van der Waals surface area contributed by atoms with Gasteiger partial charge in [-0.3, -0.25) is 19.7 Å². The number of urea groups is 1. The van der Waals surface area contributed by atoms with E-state index in [2.05, 4.69) is 59.4 Å². The van der Waals surface area contributed by atoms with Crippen molar-refractivity contribution in [2.75, 3.05) is 44.6 Å². The van der Waals surface area contributed by atoms with Gasteiger partial charge in [0.2, 0.25) is 0 Å². The molecule has 1 aliphatic carbocycles. The van der Waals surface area contributed by atoms with Gasteiger partial charge in [-0.25, -0.2) is 9.18 Å². The molecule has 0 radical (unpaired) electrons. The lowest BCUT2D eigenvalue weighted by Gasteiger charge is -2.38. The molecule has 0 bridgehead atoms. The third kappa shape index (κ3) is 8.03. The summed E-state index contributed by atoms with van der Waals surface area (Å²) in [4.78, 5) is 39.5. The average Bonchev–Trinajstić information content (AvgIpc) is 3.75. The van der Waals surface area contributed by atoms with Crippen LogP contribution in [0.1, 0.15) is 44.0 Å². The molecule has 6 rings (SSSR count). The highest BCUT2D eigenvalue weighted by Gasteiger charge is 2.37.